The van der Waals surface area contributed by atoms with Crippen LogP contribution < -0.4 is 9.47 Å². The Morgan fingerprint density at radius 1 is 0.926 bits per heavy atom. The molecular weight excluding hydrogens is 471 g/mol. The average molecular weight is 489 g/mol. The van der Waals surface area contributed by atoms with Gasteiger partial charge in [0, 0.05) is 6.07 Å². The summed E-state index contributed by atoms with van der Waals surface area (Å²) in [5, 5.41) is 0. The fourth-order valence-corrected chi connectivity index (χ4v) is 5.14. The van der Waals surface area contributed by atoms with Crippen molar-refractivity contribution in [2.45, 2.75) is 32.0 Å². The summed E-state index contributed by atoms with van der Waals surface area (Å²) in [7, 11) is -0.322. The van der Waals surface area contributed by atoms with E-state index in [9.17, 15) is 4.79 Å². The summed E-state index contributed by atoms with van der Waals surface area (Å²) in [4.78, 5) is 15.6. The number of esters is 1. The number of benzene rings is 3. The van der Waals surface area contributed by atoms with Crippen molar-refractivity contribution in [3.63, 3.8) is 0 Å². The molecule has 1 aliphatic heterocycles. The van der Waals surface area contributed by atoms with Gasteiger partial charge in [-0.2, -0.15) is 0 Å². The predicted octanol–water partition coefficient (Wildman–Crippen LogP) is 6.01. The number of carbonyl (C=O) groups excluding carboxylic acids is 1. The van der Waals surface area contributed by atoms with Crippen LogP contribution in [0.4, 0.5) is 0 Å². The predicted molar refractivity (Wildman–Crippen MR) is 115 cm³/mol. The molecule has 0 aromatic heterocycles. The summed E-state index contributed by atoms with van der Waals surface area (Å²) >= 11 is 2.09. The van der Waals surface area contributed by atoms with Crippen LogP contribution in [0.25, 0.3) is 0 Å². The fourth-order valence-electron chi connectivity index (χ4n) is 2.79. The number of rotatable bonds is 3. The molecule has 0 saturated heterocycles. The van der Waals surface area contributed by atoms with Gasteiger partial charge in [-0.3, -0.25) is 4.79 Å². The van der Waals surface area contributed by atoms with E-state index in [1.165, 1.54) is 0 Å². The number of para-hydroxylation sites is 2. The Morgan fingerprint density at radius 3 is 2.11 bits per heavy atom. The normalized spacial score (nSPS) is 13.3. The van der Waals surface area contributed by atoms with E-state index >= 15 is 0 Å². The topological polar surface area (TPSA) is 35.5 Å². The Balaban J connectivity index is 1.78. The first-order valence-electron chi connectivity index (χ1n) is 8.55. The van der Waals surface area contributed by atoms with Gasteiger partial charge >= 0.3 is 5.97 Å². The zero-order chi connectivity index (χ0) is 19.0. The maximum Gasteiger partial charge on any atom is 0.326 e. The molecule has 4 rings (SSSR count). The molecule has 0 radical (unpaired) electrons. The molecule has 27 heavy (non-hydrogen) atoms. The second-order valence-corrected chi connectivity index (χ2v) is 11.3. The summed E-state index contributed by atoms with van der Waals surface area (Å²) in [6.07, 6.45) is 0. The second-order valence-electron chi connectivity index (χ2n) is 6.64. The molecule has 3 aromatic rings. The summed E-state index contributed by atoms with van der Waals surface area (Å²) < 4.78 is 11.1. The lowest BCUT2D eigenvalue weighted by atomic mass is 10.2. The van der Waals surface area contributed by atoms with Crippen molar-refractivity contribution in [2.24, 2.45) is 0 Å². The maximum absolute atomic E-state index is 12.3. The molecule has 3 nitrogen and oxygen atoms in total. The van der Waals surface area contributed by atoms with E-state index in [0.29, 0.717) is 5.75 Å². The minimum absolute atomic E-state index is 0.253. The second kappa shape index (κ2) is 7.20. The number of carbonyl (C=O) groups is 1. The summed E-state index contributed by atoms with van der Waals surface area (Å²) in [5.41, 5.74) is 0. The molecule has 3 aromatic carbocycles. The lowest BCUT2D eigenvalue weighted by Crippen LogP contribution is -2.29. The first-order chi connectivity index (χ1) is 12.9. The third-order valence-corrected chi connectivity index (χ3v) is 6.82. The number of alkyl halides is 1. The van der Waals surface area contributed by atoms with Gasteiger partial charge in [0.2, 0.25) is 9.79 Å². The van der Waals surface area contributed by atoms with Gasteiger partial charge in [-0.25, -0.2) is 0 Å². The van der Waals surface area contributed by atoms with Crippen molar-refractivity contribution in [3.8, 4) is 17.2 Å². The molecule has 0 spiro atoms. The molecule has 0 bridgehead atoms. The van der Waals surface area contributed by atoms with E-state index in [2.05, 4.69) is 40.8 Å². The Labute approximate surface area is 175 Å². The number of halogens is 1. The van der Waals surface area contributed by atoms with E-state index in [1.54, 1.807) is 0 Å². The number of fused-ring (bicyclic) bond motifs is 2. The van der Waals surface area contributed by atoms with Crippen molar-refractivity contribution in [2.75, 3.05) is 0 Å². The average Bonchev–Trinajstić information content (AvgIpc) is 2.65. The number of ether oxygens (including phenoxy) is 2. The Hall–Kier alpha value is -1.99. The third kappa shape index (κ3) is 3.71. The molecule has 0 unspecified atom stereocenters. The van der Waals surface area contributed by atoms with Crippen LogP contribution in [-0.4, -0.2) is 9.39 Å². The van der Waals surface area contributed by atoms with Crippen molar-refractivity contribution in [1.82, 2.24) is 0 Å². The molecule has 0 N–H and O–H groups in total. The molecule has 136 valence electrons. The standard InChI is InChI=1S/C22H18IO3S/c1-22(2,23)21(24)25-15-8-7-9-16(14-15)27-19-12-5-3-10-17(19)26-18-11-4-6-13-20(18)27/h3-14H,1-2H3/q+1. The van der Waals surface area contributed by atoms with Crippen LogP contribution in [0.3, 0.4) is 0 Å². The highest BCUT2D eigenvalue weighted by Gasteiger charge is 2.39. The quantitative estimate of drug-likeness (QED) is 0.116. The van der Waals surface area contributed by atoms with Crippen LogP contribution in [0.1, 0.15) is 13.8 Å². The van der Waals surface area contributed by atoms with Gasteiger partial charge in [0.15, 0.2) is 16.4 Å². The van der Waals surface area contributed by atoms with Crippen molar-refractivity contribution < 1.29 is 14.3 Å². The highest BCUT2D eigenvalue weighted by atomic mass is 127. The number of hydrogen-bond acceptors (Lipinski definition) is 3. The first kappa shape index (κ1) is 18.4. The van der Waals surface area contributed by atoms with E-state index in [4.69, 9.17) is 9.47 Å². The molecular formula is C22H18IO3S+. The molecule has 1 heterocycles. The lowest BCUT2D eigenvalue weighted by Gasteiger charge is -2.20. The van der Waals surface area contributed by atoms with E-state index < -0.39 is 3.42 Å². The molecule has 5 heteroatoms. The van der Waals surface area contributed by atoms with Gasteiger partial charge in [-0.05, 0) is 50.2 Å². The van der Waals surface area contributed by atoms with Crippen LogP contribution in [0, 0.1) is 0 Å². The first-order valence-corrected chi connectivity index (χ1v) is 10.9. The van der Waals surface area contributed by atoms with Gasteiger partial charge in [0.25, 0.3) is 0 Å². The largest absolute Gasteiger partial charge is 0.447 e. The zero-order valence-electron chi connectivity index (χ0n) is 14.9. The Kier molecular flexibility index (Phi) is 4.90. The molecule has 0 aliphatic carbocycles. The third-order valence-electron chi connectivity index (χ3n) is 4.10. The van der Waals surface area contributed by atoms with Crippen LogP contribution in [0.2, 0.25) is 0 Å². The zero-order valence-corrected chi connectivity index (χ0v) is 17.9. The SMILES string of the molecule is CC(C)(I)C(=O)Oc1cccc([S+]2c3ccccc3Oc3ccccc32)c1. The van der Waals surface area contributed by atoms with Crippen LogP contribution in [0.5, 0.6) is 17.2 Å². The highest BCUT2D eigenvalue weighted by Crippen LogP contribution is 2.47. The van der Waals surface area contributed by atoms with E-state index in [-0.39, 0.29) is 16.9 Å². The van der Waals surface area contributed by atoms with Crippen molar-refractivity contribution in [1.29, 1.82) is 0 Å². The lowest BCUT2D eigenvalue weighted by molar-refractivity contribution is -0.135. The monoisotopic (exact) mass is 489 g/mol. The fraction of sp³-hybridized carbons (Fsp3) is 0.136. The summed E-state index contributed by atoms with van der Waals surface area (Å²) in [6.45, 7) is 3.68. The minimum Gasteiger partial charge on any atom is -0.447 e. The van der Waals surface area contributed by atoms with E-state index in [1.807, 2.05) is 68.4 Å². The Morgan fingerprint density at radius 2 is 1.52 bits per heavy atom. The molecule has 0 atom stereocenters. The van der Waals surface area contributed by atoms with E-state index in [0.717, 1.165) is 26.2 Å². The Bertz CT molecular complexity index is 965. The van der Waals surface area contributed by atoms with Gasteiger partial charge in [0.1, 0.15) is 20.1 Å². The number of hydrogen-bond donors (Lipinski definition) is 0. The molecule has 0 amide bonds. The minimum atomic E-state index is -0.575. The summed E-state index contributed by atoms with van der Waals surface area (Å²) in [5.74, 6) is 2.05. The van der Waals surface area contributed by atoms with Gasteiger partial charge in [0.05, 0.1) is 0 Å². The van der Waals surface area contributed by atoms with Gasteiger partial charge < -0.3 is 9.47 Å². The molecule has 1 aliphatic rings. The summed E-state index contributed by atoms with van der Waals surface area (Å²) in [6, 6.07) is 24.0. The van der Waals surface area contributed by atoms with Crippen LogP contribution in [-0.2, 0) is 15.7 Å². The van der Waals surface area contributed by atoms with Gasteiger partial charge in [-0.1, -0.05) is 52.9 Å². The van der Waals surface area contributed by atoms with Crippen LogP contribution >= 0.6 is 22.6 Å². The van der Waals surface area contributed by atoms with Crippen molar-refractivity contribution in [3.05, 3.63) is 72.8 Å². The molecule has 0 saturated carbocycles. The molecule has 0 fully saturated rings. The highest BCUT2D eigenvalue weighted by molar-refractivity contribution is 14.1. The maximum atomic E-state index is 12.3. The van der Waals surface area contributed by atoms with Gasteiger partial charge in [-0.15, -0.1) is 0 Å². The van der Waals surface area contributed by atoms with Crippen LogP contribution in [0.15, 0.2) is 87.5 Å². The smallest absolute Gasteiger partial charge is 0.326 e. The van der Waals surface area contributed by atoms with Crippen molar-refractivity contribution >= 4 is 39.5 Å².